The number of aromatic nitrogens is 2. The van der Waals surface area contributed by atoms with Gasteiger partial charge in [0.15, 0.2) is 5.69 Å². The van der Waals surface area contributed by atoms with Crippen LogP contribution < -0.4 is 4.90 Å². The minimum Gasteiger partial charge on any atom is -0.327 e. The molecule has 0 spiro atoms. The molecule has 0 radical (unpaired) electrons. The maximum atomic E-state index is 13.6. The Morgan fingerprint density at radius 2 is 1.64 bits per heavy atom. The van der Waals surface area contributed by atoms with E-state index in [4.69, 9.17) is 4.98 Å². The molecule has 0 atom stereocenters. The summed E-state index contributed by atoms with van der Waals surface area (Å²) in [7, 11) is 0. The Morgan fingerprint density at radius 3 is 2.54 bits per heavy atom. The van der Waals surface area contributed by atoms with Crippen LogP contribution in [-0.2, 0) is 19.4 Å². The zero-order chi connectivity index (χ0) is 18.9. The number of imidazole rings is 1. The van der Waals surface area contributed by atoms with Crippen molar-refractivity contribution in [3.05, 3.63) is 71.5 Å². The lowest BCUT2D eigenvalue weighted by molar-refractivity contribution is 0.0979. The molecule has 0 bridgehead atoms. The molecular weight excluding hydrogens is 346 g/mol. The molecule has 0 unspecified atom stereocenters. The summed E-state index contributed by atoms with van der Waals surface area (Å²) in [6.45, 7) is 1.71. The van der Waals surface area contributed by atoms with Crippen molar-refractivity contribution in [3.8, 4) is 11.4 Å². The van der Waals surface area contributed by atoms with Gasteiger partial charge in [-0.3, -0.25) is 4.79 Å². The zero-order valence-corrected chi connectivity index (χ0v) is 16.1. The highest BCUT2D eigenvalue weighted by molar-refractivity contribution is 6.06. The van der Waals surface area contributed by atoms with Crippen LogP contribution in [0.2, 0.25) is 0 Å². The molecule has 0 fully saturated rings. The number of benzene rings is 2. The van der Waals surface area contributed by atoms with E-state index in [1.54, 1.807) is 0 Å². The van der Waals surface area contributed by atoms with Crippen molar-refractivity contribution in [2.24, 2.45) is 0 Å². The predicted octanol–water partition coefficient (Wildman–Crippen LogP) is 4.87. The van der Waals surface area contributed by atoms with E-state index in [1.807, 2.05) is 29.2 Å². The van der Waals surface area contributed by atoms with Crippen LogP contribution in [0.1, 0.15) is 47.4 Å². The Bertz CT molecular complexity index is 1010. The zero-order valence-electron chi connectivity index (χ0n) is 16.1. The second kappa shape index (κ2) is 7.27. The normalized spacial score (nSPS) is 16.2. The summed E-state index contributed by atoms with van der Waals surface area (Å²) >= 11 is 0. The molecule has 142 valence electrons. The summed E-state index contributed by atoms with van der Waals surface area (Å²) in [4.78, 5) is 20.5. The number of hydrogen-bond donors (Lipinski definition) is 0. The molecule has 3 aromatic rings. The molecule has 4 nitrogen and oxygen atoms in total. The number of anilines is 1. The average Bonchev–Trinajstić information content (AvgIpc) is 2.94. The maximum Gasteiger partial charge on any atom is 0.278 e. The van der Waals surface area contributed by atoms with Gasteiger partial charge in [0.25, 0.3) is 5.91 Å². The van der Waals surface area contributed by atoms with Crippen molar-refractivity contribution in [1.82, 2.24) is 9.55 Å². The largest absolute Gasteiger partial charge is 0.327 e. The number of carbonyl (C=O) groups excluding carboxylic acids is 1. The number of aryl methyl sites for hydroxylation is 1. The molecular formula is C24H25N3O. The number of rotatable bonds is 2. The van der Waals surface area contributed by atoms with E-state index in [2.05, 4.69) is 34.9 Å². The molecule has 0 saturated carbocycles. The van der Waals surface area contributed by atoms with Crippen LogP contribution in [-0.4, -0.2) is 22.0 Å². The van der Waals surface area contributed by atoms with Gasteiger partial charge in [-0.25, -0.2) is 4.98 Å². The van der Waals surface area contributed by atoms with E-state index in [0.717, 1.165) is 68.0 Å². The highest BCUT2D eigenvalue weighted by Gasteiger charge is 2.30. The molecule has 1 aromatic heterocycles. The topological polar surface area (TPSA) is 38.1 Å². The van der Waals surface area contributed by atoms with Gasteiger partial charge in [-0.05, 0) is 43.7 Å². The van der Waals surface area contributed by atoms with E-state index in [0.29, 0.717) is 5.69 Å². The first-order chi connectivity index (χ1) is 13.8. The van der Waals surface area contributed by atoms with Gasteiger partial charge in [0, 0.05) is 24.3 Å². The summed E-state index contributed by atoms with van der Waals surface area (Å²) < 4.78 is 2.30. The monoisotopic (exact) mass is 371 g/mol. The van der Waals surface area contributed by atoms with Gasteiger partial charge in [0.1, 0.15) is 5.82 Å². The minimum absolute atomic E-state index is 0.0555. The summed E-state index contributed by atoms with van der Waals surface area (Å²) in [6.07, 6.45) is 6.44. The maximum absolute atomic E-state index is 13.6. The molecule has 2 aliphatic rings. The molecule has 2 aromatic carbocycles. The first-order valence-corrected chi connectivity index (χ1v) is 10.4. The number of para-hydroxylation sites is 1. The van der Waals surface area contributed by atoms with Crippen molar-refractivity contribution >= 4 is 11.6 Å². The SMILES string of the molecule is O=C(c1nc(-c2ccccc2)n2c1CCCCC2)N1CCCc2ccccc21. The fraction of sp³-hybridized carbons (Fsp3) is 0.333. The fourth-order valence-electron chi connectivity index (χ4n) is 4.57. The van der Waals surface area contributed by atoms with Crippen molar-refractivity contribution in [3.63, 3.8) is 0 Å². The summed E-state index contributed by atoms with van der Waals surface area (Å²) in [5.74, 6) is 0.992. The first-order valence-electron chi connectivity index (χ1n) is 10.4. The van der Waals surface area contributed by atoms with Gasteiger partial charge in [-0.15, -0.1) is 0 Å². The Kier molecular flexibility index (Phi) is 4.47. The standard InChI is InChI=1S/C24H25N3O/c28-24(27-17-9-13-18-10-6-7-14-20(18)27)22-21-15-5-2-8-16-26(21)23(25-22)19-11-3-1-4-12-19/h1,3-4,6-7,10-12,14H,2,5,8-9,13,15-17H2. The number of nitrogens with zero attached hydrogens (tertiary/aromatic N) is 3. The van der Waals surface area contributed by atoms with E-state index < -0.39 is 0 Å². The number of fused-ring (bicyclic) bond motifs is 2. The summed E-state index contributed by atoms with van der Waals surface area (Å²) in [5.41, 5.74) is 5.16. The van der Waals surface area contributed by atoms with Gasteiger partial charge in [-0.2, -0.15) is 0 Å². The average molecular weight is 371 g/mol. The smallest absolute Gasteiger partial charge is 0.278 e. The van der Waals surface area contributed by atoms with Crippen molar-refractivity contribution in [1.29, 1.82) is 0 Å². The second-order valence-electron chi connectivity index (χ2n) is 7.75. The number of amides is 1. The molecule has 5 rings (SSSR count). The quantitative estimate of drug-likeness (QED) is 0.645. The molecule has 4 heteroatoms. The van der Waals surface area contributed by atoms with Gasteiger partial charge in [0.05, 0.1) is 5.69 Å². The highest BCUT2D eigenvalue weighted by Crippen LogP contribution is 2.31. The van der Waals surface area contributed by atoms with Crippen LogP contribution in [0.25, 0.3) is 11.4 Å². The Hall–Kier alpha value is -2.88. The van der Waals surface area contributed by atoms with E-state index in [1.165, 1.54) is 12.0 Å². The van der Waals surface area contributed by atoms with Crippen molar-refractivity contribution < 1.29 is 4.79 Å². The van der Waals surface area contributed by atoms with Crippen LogP contribution in [0.3, 0.4) is 0 Å². The first kappa shape index (κ1) is 17.2. The Morgan fingerprint density at radius 1 is 0.821 bits per heavy atom. The summed E-state index contributed by atoms with van der Waals surface area (Å²) in [5, 5.41) is 0. The van der Waals surface area contributed by atoms with E-state index in [9.17, 15) is 4.79 Å². The molecule has 0 N–H and O–H groups in total. The van der Waals surface area contributed by atoms with Crippen molar-refractivity contribution in [2.45, 2.75) is 45.1 Å². The molecule has 0 aliphatic carbocycles. The van der Waals surface area contributed by atoms with Gasteiger partial charge >= 0.3 is 0 Å². The van der Waals surface area contributed by atoms with E-state index in [-0.39, 0.29) is 5.91 Å². The Balaban J connectivity index is 1.61. The lowest BCUT2D eigenvalue weighted by Crippen LogP contribution is -2.36. The van der Waals surface area contributed by atoms with Crippen LogP contribution >= 0.6 is 0 Å². The lowest BCUT2D eigenvalue weighted by atomic mass is 10.0. The lowest BCUT2D eigenvalue weighted by Gasteiger charge is -2.29. The fourth-order valence-corrected chi connectivity index (χ4v) is 4.57. The molecule has 3 heterocycles. The third-order valence-corrected chi connectivity index (χ3v) is 5.96. The Labute approximate surface area is 165 Å². The van der Waals surface area contributed by atoms with E-state index >= 15 is 0 Å². The molecule has 1 amide bonds. The second-order valence-corrected chi connectivity index (χ2v) is 7.75. The van der Waals surface area contributed by atoms with Gasteiger partial charge in [0.2, 0.25) is 0 Å². The highest BCUT2D eigenvalue weighted by atomic mass is 16.2. The molecule has 28 heavy (non-hydrogen) atoms. The molecule has 0 saturated heterocycles. The molecule has 2 aliphatic heterocycles. The summed E-state index contributed by atoms with van der Waals surface area (Å²) in [6, 6.07) is 18.6. The number of carbonyl (C=O) groups is 1. The van der Waals surface area contributed by atoms with Crippen LogP contribution in [0.4, 0.5) is 5.69 Å². The third-order valence-electron chi connectivity index (χ3n) is 5.96. The van der Waals surface area contributed by atoms with Crippen molar-refractivity contribution in [2.75, 3.05) is 11.4 Å². The third kappa shape index (κ3) is 2.93. The number of hydrogen-bond acceptors (Lipinski definition) is 2. The van der Waals surface area contributed by atoms with Gasteiger partial charge < -0.3 is 9.47 Å². The van der Waals surface area contributed by atoms with Crippen LogP contribution in [0.5, 0.6) is 0 Å². The van der Waals surface area contributed by atoms with Crippen LogP contribution in [0.15, 0.2) is 54.6 Å². The minimum atomic E-state index is 0.0555. The predicted molar refractivity (Wildman–Crippen MR) is 112 cm³/mol. The van der Waals surface area contributed by atoms with Gasteiger partial charge in [-0.1, -0.05) is 55.0 Å². The van der Waals surface area contributed by atoms with Crippen LogP contribution in [0, 0.1) is 0 Å².